The number of esters is 2. The molecule has 1 N–H and O–H groups in total. The number of aromatic amines is 1. The van der Waals surface area contributed by atoms with Crippen molar-refractivity contribution in [2.24, 2.45) is 0 Å². The number of ether oxygens (including phenoxy) is 5. The van der Waals surface area contributed by atoms with E-state index in [0.29, 0.717) is 36.8 Å². The molecule has 2 aliphatic rings. The van der Waals surface area contributed by atoms with Gasteiger partial charge in [0.1, 0.15) is 23.9 Å². The second-order valence-corrected chi connectivity index (χ2v) is 18.3. The quantitative estimate of drug-likeness (QED) is 0.0461. The van der Waals surface area contributed by atoms with Crippen LogP contribution in [-0.4, -0.2) is 71.4 Å². The van der Waals surface area contributed by atoms with Gasteiger partial charge in [-0.05, 0) is 77.0 Å². The Morgan fingerprint density at radius 2 is 1.52 bits per heavy atom. The van der Waals surface area contributed by atoms with E-state index in [9.17, 15) is 28.4 Å². The largest absolute Gasteiger partial charge is 0.463 e. The number of nitrogens with one attached hydrogen (secondary N) is 1. The normalized spacial score (nSPS) is 19.4. The number of carbonyl (C=O) groups is 2. The maximum absolute atomic E-state index is 14.8. The van der Waals surface area contributed by atoms with E-state index in [0.717, 1.165) is 79.8 Å². The summed E-state index contributed by atoms with van der Waals surface area (Å²) in [5.41, 5.74) is -0.926. The second-order valence-electron chi connectivity index (χ2n) is 18.3. The molecule has 4 atom stereocenters. The van der Waals surface area contributed by atoms with Crippen LogP contribution in [0.2, 0.25) is 0 Å². The van der Waals surface area contributed by atoms with Crippen LogP contribution >= 0.6 is 0 Å². The summed E-state index contributed by atoms with van der Waals surface area (Å²) in [6.45, 7) is 14.7. The van der Waals surface area contributed by atoms with Gasteiger partial charge in [-0.2, -0.15) is 4.39 Å². The van der Waals surface area contributed by atoms with Crippen LogP contribution in [0.25, 0.3) is 11.0 Å². The van der Waals surface area contributed by atoms with Crippen molar-refractivity contribution in [3.8, 4) is 0 Å². The van der Waals surface area contributed by atoms with Crippen molar-refractivity contribution in [3.63, 3.8) is 0 Å². The Bertz CT molecular complexity index is 2170. The first-order chi connectivity index (χ1) is 30.6. The van der Waals surface area contributed by atoms with Gasteiger partial charge in [0.25, 0.3) is 5.56 Å². The lowest BCUT2D eigenvalue weighted by molar-refractivity contribution is -0.202. The van der Waals surface area contributed by atoms with Gasteiger partial charge >= 0.3 is 23.3 Å². The van der Waals surface area contributed by atoms with Crippen LogP contribution in [0, 0.1) is 5.82 Å². The molecule has 1 aromatic carbocycles. The molecule has 356 valence electrons. The number of rotatable bonds is 26. The van der Waals surface area contributed by atoms with Gasteiger partial charge in [-0.15, -0.1) is 0 Å². The minimum atomic E-state index is -1.19. The zero-order valence-corrected chi connectivity index (χ0v) is 39.2. The number of anilines is 1. The highest BCUT2D eigenvalue weighted by Gasteiger charge is 2.49. The molecule has 64 heavy (non-hydrogen) atoms. The molecule has 0 spiro atoms. The first-order valence-electron chi connectivity index (χ1n) is 23.8. The molecule has 0 bridgehead atoms. The molecule has 0 aliphatic carbocycles. The van der Waals surface area contributed by atoms with Gasteiger partial charge in [0.15, 0.2) is 12.0 Å². The van der Waals surface area contributed by atoms with Crippen LogP contribution < -0.4 is 21.8 Å². The summed E-state index contributed by atoms with van der Waals surface area (Å²) in [5.74, 6) is -3.06. The van der Waals surface area contributed by atoms with Gasteiger partial charge in [-0.3, -0.25) is 19.1 Å². The minimum absolute atomic E-state index is 0.104. The Labute approximate surface area is 376 Å². The molecule has 4 heterocycles. The number of nitrogens with zero attached hydrogens (tertiary/aromatic N) is 2. The van der Waals surface area contributed by atoms with Gasteiger partial charge in [-0.1, -0.05) is 85.0 Å². The average molecular weight is 898 g/mol. The maximum atomic E-state index is 14.8. The SMILES string of the molecule is CCCCCCCCC1(CCCCCCCC)OC(C)C([C@@H](OCCOC(=O)CCCN2c3cc4oc(=O)c(C(=O)OCC)cc4cc3C(C)CC2(C)C)n2cc(F)c(=O)[nH]c2=O)O1. The van der Waals surface area contributed by atoms with Crippen LogP contribution in [0.4, 0.5) is 10.1 Å². The van der Waals surface area contributed by atoms with Crippen molar-refractivity contribution >= 4 is 28.6 Å². The topological polar surface area (TPSA) is 169 Å². The van der Waals surface area contributed by atoms with Crippen LogP contribution in [0.3, 0.4) is 0 Å². The minimum Gasteiger partial charge on any atom is -0.463 e. The summed E-state index contributed by atoms with van der Waals surface area (Å²) in [5, 5.41) is 0.624. The Kier molecular flexibility index (Phi) is 18.8. The highest BCUT2D eigenvalue weighted by molar-refractivity contribution is 5.94. The lowest BCUT2D eigenvalue weighted by Gasteiger charge is -2.47. The lowest BCUT2D eigenvalue weighted by atomic mass is 9.79. The third-order valence-electron chi connectivity index (χ3n) is 12.6. The Morgan fingerprint density at radius 3 is 2.17 bits per heavy atom. The summed E-state index contributed by atoms with van der Waals surface area (Å²) >= 11 is 0. The molecule has 0 saturated carbocycles. The van der Waals surface area contributed by atoms with E-state index in [-0.39, 0.29) is 43.3 Å². The standard InChI is InChI=1S/C49H72FN3O11/c1-8-11-13-15-17-19-23-49(24-20-18-16-14-12-9-2)63-34(5)42(64-49)44(52-32-38(50)43(55)51-47(52)58)61-27-26-60-41(54)22-21-25-53-39-30-40-35(28-36(39)33(4)31-48(53,6)7)29-37(46(57)62-40)45(56)59-10-3/h28-30,32-34,42,44H,8-27,31H2,1-7H3,(H,51,55,58)/t33?,34?,42?,44-/m1/s1. The third kappa shape index (κ3) is 13.1. The van der Waals surface area contributed by atoms with E-state index in [1.807, 2.05) is 24.0 Å². The van der Waals surface area contributed by atoms with E-state index < -0.39 is 58.9 Å². The van der Waals surface area contributed by atoms with Crippen LogP contribution in [0.15, 0.2) is 43.2 Å². The van der Waals surface area contributed by atoms with Crippen molar-refractivity contribution < 1.29 is 42.1 Å². The maximum Gasteiger partial charge on any atom is 0.351 e. The summed E-state index contributed by atoms with van der Waals surface area (Å²) < 4.78 is 51.6. The van der Waals surface area contributed by atoms with E-state index >= 15 is 0 Å². The molecular formula is C49H72FN3O11. The number of carbonyl (C=O) groups excluding carboxylic acids is 2. The van der Waals surface area contributed by atoms with E-state index in [2.05, 4.69) is 39.5 Å². The number of fused-ring (bicyclic) bond motifs is 2. The Morgan fingerprint density at radius 1 is 0.859 bits per heavy atom. The van der Waals surface area contributed by atoms with Gasteiger partial charge in [0, 0.05) is 48.5 Å². The molecule has 15 heteroatoms. The van der Waals surface area contributed by atoms with Gasteiger partial charge in [-0.25, -0.2) is 14.4 Å². The molecule has 2 aliphatic heterocycles. The fourth-order valence-corrected chi connectivity index (χ4v) is 9.41. The zero-order chi connectivity index (χ0) is 46.4. The molecule has 5 rings (SSSR count). The van der Waals surface area contributed by atoms with Crippen molar-refractivity contribution in [2.45, 2.75) is 193 Å². The van der Waals surface area contributed by atoms with Crippen LogP contribution in [-0.2, 0) is 28.5 Å². The van der Waals surface area contributed by atoms with Crippen molar-refractivity contribution in [1.29, 1.82) is 0 Å². The van der Waals surface area contributed by atoms with Gasteiger partial charge in [0.2, 0.25) is 5.82 Å². The molecule has 0 amide bonds. The molecular weight excluding hydrogens is 826 g/mol. The smallest absolute Gasteiger partial charge is 0.351 e. The Balaban J connectivity index is 1.23. The van der Waals surface area contributed by atoms with Crippen LogP contribution in [0.5, 0.6) is 0 Å². The fourth-order valence-electron chi connectivity index (χ4n) is 9.41. The lowest BCUT2D eigenvalue weighted by Crippen LogP contribution is -2.48. The number of benzene rings is 1. The predicted octanol–water partition coefficient (Wildman–Crippen LogP) is 9.59. The summed E-state index contributed by atoms with van der Waals surface area (Å²) in [4.78, 5) is 67.7. The zero-order valence-electron chi connectivity index (χ0n) is 39.2. The number of hydrogen-bond acceptors (Lipinski definition) is 12. The van der Waals surface area contributed by atoms with E-state index in [1.54, 1.807) is 6.92 Å². The molecule has 1 fully saturated rings. The number of H-pyrrole nitrogens is 1. The van der Waals surface area contributed by atoms with Crippen molar-refractivity contribution in [3.05, 3.63) is 72.6 Å². The Hall–Kier alpha value is -4.34. The summed E-state index contributed by atoms with van der Waals surface area (Å²) in [6.07, 6.45) is 14.2. The molecule has 1 saturated heterocycles. The summed E-state index contributed by atoms with van der Waals surface area (Å²) in [7, 11) is 0. The predicted molar refractivity (Wildman–Crippen MR) is 243 cm³/mol. The number of unbranched alkanes of at least 4 members (excludes halogenated alkanes) is 10. The van der Waals surface area contributed by atoms with Gasteiger partial charge in [0.05, 0.1) is 25.5 Å². The molecule has 0 radical (unpaired) electrons. The second kappa shape index (κ2) is 23.7. The van der Waals surface area contributed by atoms with E-state index in [1.165, 1.54) is 31.7 Å². The first-order valence-corrected chi connectivity index (χ1v) is 23.8. The molecule has 3 aromatic rings. The number of hydrogen-bond donors (Lipinski definition) is 1. The van der Waals surface area contributed by atoms with Crippen molar-refractivity contribution in [2.75, 3.05) is 31.3 Å². The molecule has 3 unspecified atom stereocenters. The average Bonchev–Trinajstić information content (AvgIpc) is 3.57. The fraction of sp³-hybridized carbons (Fsp3) is 0.694. The highest BCUT2D eigenvalue weighted by Crippen LogP contribution is 2.45. The highest BCUT2D eigenvalue weighted by atomic mass is 19.1. The third-order valence-corrected chi connectivity index (χ3v) is 12.6. The number of aromatic nitrogens is 2. The van der Waals surface area contributed by atoms with Crippen molar-refractivity contribution in [1.82, 2.24) is 9.55 Å². The van der Waals surface area contributed by atoms with Crippen LogP contribution in [0.1, 0.15) is 186 Å². The summed E-state index contributed by atoms with van der Waals surface area (Å²) in [6, 6.07) is 5.30. The van der Waals surface area contributed by atoms with E-state index in [4.69, 9.17) is 28.1 Å². The number of halogens is 1. The van der Waals surface area contributed by atoms with Gasteiger partial charge < -0.3 is 33.0 Å². The first kappa shape index (κ1) is 50.7. The molecule has 2 aromatic heterocycles. The monoisotopic (exact) mass is 898 g/mol. The molecule has 14 nitrogen and oxygen atoms in total.